The number of rotatable bonds is 5. The van der Waals surface area contributed by atoms with Crippen molar-refractivity contribution in [2.45, 2.75) is 37.8 Å². The van der Waals surface area contributed by atoms with E-state index in [2.05, 4.69) is 4.90 Å². The number of hydrogen-bond donors (Lipinski definition) is 2. The molecule has 0 aliphatic carbocycles. The van der Waals surface area contributed by atoms with Gasteiger partial charge in [0.25, 0.3) is 0 Å². The van der Waals surface area contributed by atoms with Crippen LogP contribution < -0.4 is 0 Å². The Morgan fingerprint density at radius 2 is 2.11 bits per heavy atom. The molecule has 0 bridgehead atoms. The van der Waals surface area contributed by atoms with Crippen molar-refractivity contribution in [3.8, 4) is 0 Å². The van der Waals surface area contributed by atoms with Gasteiger partial charge >= 0.3 is 0 Å². The van der Waals surface area contributed by atoms with Gasteiger partial charge in [0.15, 0.2) is 0 Å². The van der Waals surface area contributed by atoms with Crippen molar-refractivity contribution >= 4 is 11.6 Å². The molecule has 2 N–H and O–H groups in total. The predicted octanol–water partition coefficient (Wildman–Crippen LogP) is 2.61. The van der Waals surface area contributed by atoms with Crippen molar-refractivity contribution in [2.75, 3.05) is 19.7 Å². The van der Waals surface area contributed by atoms with Crippen LogP contribution in [0.2, 0.25) is 5.02 Å². The zero-order valence-corrected chi connectivity index (χ0v) is 11.9. The van der Waals surface area contributed by atoms with Crippen molar-refractivity contribution < 1.29 is 10.2 Å². The molecule has 0 saturated carbocycles. The molecule has 0 radical (unpaired) electrons. The highest BCUT2D eigenvalue weighted by atomic mass is 35.5. The monoisotopic (exact) mass is 283 g/mol. The molecule has 2 atom stereocenters. The van der Waals surface area contributed by atoms with Gasteiger partial charge in [-0.25, -0.2) is 0 Å². The van der Waals surface area contributed by atoms with Gasteiger partial charge < -0.3 is 10.2 Å². The quantitative estimate of drug-likeness (QED) is 0.873. The van der Waals surface area contributed by atoms with Gasteiger partial charge in [-0.1, -0.05) is 36.2 Å². The molecule has 0 aromatic heterocycles. The van der Waals surface area contributed by atoms with Crippen molar-refractivity contribution in [3.63, 3.8) is 0 Å². The maximum Gasteiger partial charge on any atom is 0.0816 e. The van der Waals surface area contributed by atoms with Crippen LogP contribution >= 0.6 is 11.6 Å². The molecule has 3 nitrogen and oxygen atoms in total. The van der Waals surface area contributed by atoms with Crippen LogP contribution in [0.1, 0.15) is 37.4 Å². The van der Waals surface area contributed by atoms with Crippen LogP contribution in [0.5, 0.6) is 0 Å². The van der Waals surface area contributed by atoms with E-state index in [1.807, 2.05) is 18.2 Å². The highest BCUT2D eigenvalue weighted by molar-refractivity contribution is 6.31. The fraction of sp³-hybridized carbons (Fsp3) is 0.600. The van der Waals surface area contributed by atoms with Crippen LogP contribution in [0, 0.1) is 0 Å². The first-order valence-electron chi connectivity index (χ1n) is 6.99. The van der Waals surface area contributed by atoms with Crippen molar-refractivity contribution in [1.29, 1.82) is 0 Å². The summed E-state index contributed by atoms with van der Waals surface area (Å²) in [6.45, 7) is 2.03. The fourth-order valence-corrected chi connectivity index (χ4v) is 3.01. The maximum atomic E-state index is 10.2. The van der Waals surface area contributed by atoms with E-state index < -0.39 is 6.10 Å². The Kier molecular flexibility index (Phi) is 5.64. The summed E-state index contributed by atoms with van der Waals surface area (Å²) < 4.78 is 0. The van der Waals surface area contributed by atoms with Crippen LogP contribution in [0.4, 0.5) is 0 Å². The van der Waals surface area contributed by atoms with E-state index in [9.17, 15) is 10.2 Å². The van der Waals surface area contributed by atoms with E-state index in [0.717, 1.165) is 25.1 Å². The summed E-state index contributed by atoms with van der Waals surface area (Å²) in [6, 6.07) is 7.68. The molecule has 0 amide bonds. The molecule has 1 aromatic rings. The minimum absolute atomic E-state index is 0.211. The van der Waals surface area contributed by atoms with Crippen LogP contribution in [0.15, 0.2) is 24.3 Å². The SMILES string of the molecule is OCC1CCCCN1CCC(O)c1ccccc1Cl. The van der Waals surface area contributed by atoms with Crippen molar-refractivity contribution in [1.82, 2.24) is 4.90 Å². The summed E-state index contributed by atoms with van der Waals surface area (Å²) in [5.74, 6) is 0. The average molecular weight is 284 g/mol. The largest absolute Gasteiger partial charge is 0.395 e. The third-order valence-electron chi connectivity index (χ3n) is 3.91. The lowest BCUT2D eigenvalue weighted by Gasteiger charge is -2.35. The minimum Gasteiger partial charge on any atom is -0.395 e. The molecule has 106 valence electrons. The van der Waals surface area contributed by atoms with Crippen LogP contribution in [-0.2, 0) is 0 Å². The lowest BCUT2D eigenvalue weighted by atomic mass is 10.0. The molecule has 1 aliphatic heterocycles. The highest BCUT2D eigenvalue weighted by Gasteiger charge is 2.22. The third-order valence-corrected chi connectivity index (χ3v) is 4.26. The molecule has 1 fully saturated rings. The van der Waals surface area contributed by atoms with Gasteiger partial charge in [-0.2, -0.15) is 0 Å². The maximum absolute atomic E-state index is 10.2. The molecular weight excluding hydrogens is 262 g/mol. The number of hydrogen-bond acceptors (Lipinski definition) is 3. The molecule has 4 heteroatoms. The number of halogens is 1. The van der Waals surface area contributed by atoms with Crippen LogP contribution in [0.25, 0.3) is 0 Å². The number of benzene rings is 1. The molecule has 2 unspecified atom stereocenters. The lowest BCUT2D eigenvalue weighted by Crippen LogP contribution is -2.42. The standard InChI is InChI=1S/C15H22ClNO2/c16-14-7-2-1-6-13(14)15(19)8-10-17-9-4-3-5-12(17)11-18/h1-2,6-7,12,15,18-19H,3-5,8-11H2. The van der Waals surface area contributed by atoms with E-state index in [4.69, 9.17) is 11.6 Å². The van der Waals surface area contributed by atoms with Gasteiger partial charge in [-0.15, -0.1) is 0 Å². The lowest BCUT2D eigenvalue weighted by molar-refractivity contribution is 0.0697. The summed E-state index contributed by atoms with van der Waals surface area (Å²) in [5, 5.41) is 20.2. The van der Waals surface area contributed by atoms with Gasteiger partial charge in [0, 0.05) is 17.6 Å². The molecule has 1 heterocycles. The summed E-state index contributed by atoms with van der Waals surface area (Å²) in [7, 11) is 0. The van der Waals surface area contributed by atoms with Crippen molar-refractivity contribution in [3.05, 3.63) is 34.9 Å². The predicted molar refractivity (Wildman–Crippen MR) is 77.3 cm³/mol. The third kappa shape index (κ3) is 3.93. The van der Waals surface area contributed by atoms with E-state index in [1.165, 1.54) is 12.8 Å². The number of aliphatic hydroxyl groups excluding tert-OH is 2. The minimum atomic E-state index is -0.532. The molecule has 1 aromatic carbocycles. The Morgan fingerprint density at radius 3 is 2.84 bits per heavy atom. The van der Waals surface area contributed by atoms with E-state index >= 15 is 0 Å². The molecule has 19 heavy (non-hydrogen) atoms. The van der Waals surface area contributed by atoms with E-state index in [1.54, 1.807) is 6.07 Å². The first-order chi connectivity index (χ1) is 9.22. The first kappa shape index (κ1) is 14.8. The molecule has 2 rings (SSSR count). The molecule has 0 spiro atoms. The second-order valence-corrected chi connectivity index (χ2v) is 5.60. The second-order valence-electron chi connectivity index (χ2n) is 5.19. The van der Waals surface area contributed by atoms with Gasteiger partial charge in [-0.05, 0) is 37.4 Å². The number of aliphatic hydroxyl groups is 2. The zero-order valence-electron chi connectivity index (χ0n) is 11.1. The van der Waals surface area contributed by atoms with Gasteiger partial charge in [0.05, 0.1) is 12.7 Å². The van der Waals surface area contributed by atoms with Crippen molar-refractivity contribution in [2.24, 2.45) is 0 Å². The Hall–Kier alpha value is -0.610. The van der Waals surface area contributed by atoms with Gasteiger partial charge in [0.2, 0.25) is 0 Å². The fourth-order valence-electron chi connectivity index (χ4n) is 2.75. The van der Waals surface area contributed by atoms with Crippen LogP contribution in [0.3, 0.4) is 0 Å². The van der Waals surface area contributed by atoms with Gasteiger partial charge in [0.1, 0.15) is 0 Å². The second kappa shape index (κ2) is 7.25. The molecular formula is C15H22ClNO2. The summed E-state index contributed by atoms with van der Waals surface area (Å²) in [6.07, 6.45) is 3.54. The Labute approximate surface area is 119 Å². The van der Waals surface area contributed by atoms with Crippen LogP contribution in [-0.4, -0.2) is 40.9 Å². The Balaban J connectivity index is 1.89. The molecule has 1 aliphatic rings. The normalized spacial score (nSPS) is 22.4. The van der Waals surface area contributed by atoms with Gasteiger partial charge in [-0.3, -0.25) is 4.90 Å². The first-order valence-corrected chi connectivity index (χ1v) is 7.37. The molecule has 1 saturated heterocycles. The number of piperidine rings is 1. The number of nitrogens with zero attached hydrogens (tertiary/aromatic N) is 1. The Bertz CT molecular complexity index is 399. The topological polar surface area (TPSA) is 43.7 Å². The smallest absolute Gasteiger partial charge is 0.0816 e. The van der Waals surface area contributed by atoms with E-state index in [-0.39, 0.29) is 12.6 Å². The summed E-state index contributed by atoms with van der Waals surface area (Å²) in [4.78, 5) is 2.28. The summed E-state index contributed by atoms with van der Waals surface area (Å²) >= 11 is 6.08. The Morgan fingerprint density at radius 1 is 1.32 bits per heavy atom. The summed E-state index contributed by atoms with van der Waals surface area (Å²) in [5.41, 5.74) is 0.793. The number of likely N-dealkylation sites (tertiary alicyclic amines) is 1. The van der Waals surface area contributed by atoms with E-state index in [0.29, 0.717) is 11.4 Å². The average Bonchev–Trinajstić information content (AvgIpc) is 2.45. The zero-order chi connectivity index (χ0) is 13.7. The highest BCUT2D eigenvalue weighted by Crippen LogP contribution is 2.26.